The summed E-state index contributed by atoms with van der Waals surface area (Å²) in [6, 6.07) is 5.03. The van der Waals surface area contributed by atoms with Crippen molar-refractivity contribution in [3.05, 3.63) is 18.2 Å². The Kier molecular flexibility index (Phi) is 1.03. The number of nitrogens with zero attached hydrogens (tertiary/aromatic N) is 1. The lowest BCUT2D eigenvalue weighted by Crippen LogP contribution is -2.06. The first kappa shape index (κ1) is 6.03. The van der Waals surface area contributed by atoms with Crippen molar-refractivity contribution in [3.8, 4) is 5.75 Å². The molecular formula is C7H5N2O2. The van der Waals surface area contributed by atoms with Crippen molar-refractivity contribution < 1.29 is 9.53 Å². The number of carbonyl (C=O) groups excluding carboxylic acids is 1. The Labute approximate surface area is 63.0 Å². The highest BCUT2D eigenvalue weighted by atomic mass is 16.6. The minimum atomic E-state index is -0.599. The van der Waals surface area contributed by atoms with E-state index in [1.54, 1.807) is 18.2 Å². The van der Waals surface area contributed by atoms with Crippen LogP contribution in [-0.4, -0.2) is 6.09 Å². The lowest BCUT2D eigenvalue weighted by Gasteiger charge is -1.95. The summed E-state index contributed by atoms with van der Waals surface area (Å²) in [6.45, 7) is 0. The van der Waals surface area contributed by atoms with Crippen LogP contribution in [0.15, 0.2) is 18.2 Å². The molecule has 1 radical (unpaired) electrons. The van der Waals surface area contributed by atoms with Gasteiger partial charge in [0.15, 0.2) is 5.75 Å². The predicted octanol–water partition coefficient (Wildman–Crippen LogP) is 1.02. The Morgan fingerprint density at radius 3 is 3.00 bits per heavy atom. The van der Waals surface area contributed by atoms with Crippen molar-refractivity contribution in [1.29, 1.82) is 0 Å². The van der Waals surface area contributed by atoms with E-state index < -0.39 is 6.09 Å². The summed E-state index contributed by atoms with van der Waals surface area (Å²) >= 11 is 0. The number of amides is 1. The number of rotatable bonds is 0. The first-order chi connectivity index (χ1) is 5.27. The lowest BCUT2D eigenvalue weighted by atomic mass is 10.2. The number of hydrogen-bond donors (Lipinski definition) is 1. The van der Waals surface area contributed by atoms with Crippen molar-refractivity contribution in [2.75, 3.05) is 5.73 Å². The molecule has 0 aliphatic carbocycles. The van der Waals surface area contributed by atoms with Crippen LogP contribution in [0.4, 0.5) is 16.2 Å². The molecule has 0 saturated carbocycles. The van der Waals surface area contributed by atoms with E-state index in [0.29, 0.717) is 17.1 Å². The maximum atomic E-state index is 10.6. The second-order valence-electron chi connectivity index (χ2n) is 2.17. The van der Waals surface area contributed by atoms with E-state index in [1.807, 2.05) is 0 Å². The monoisotopic (exact) mass is 149 g/mol. The van der Waals surface area contributed by atoms with E-state index in [-0.39, 0.29) is 0 Å². The van der Waals surface area contributed by atoms with Gasteiger partial charge in [-0.05, 0) is 12.1 Å². The van der Waals surface area contributed by atoms with Gasteiger partial charge in [0.2, 0.25) is 0 Å². The summed E-state index contributed by atoms with van der Waals surface area (Å²) in [5, 5.41) is 3.57. The van der Waals surface area contributed by atoms with Gasteiger partial charge in [0.1, 0.15) is 5.69 Å². The molecule has 2 N–H and O–H groups in total. The molecule has 0 bridgehead atoms. The van der Waals surface area contributed by atoms with Crippen molar-refractivity contribution in [2.45, 2.75) is 0 Å². The molecule has 0 unspecified atom stereocenters. The molecule has 1 aromatic rings. The molecule has 11 heavy (non-hydrogen) atoms. The maximum Gasteiger partial charge on any atom is 0.439 e. The SMILES string of the molecule is Nc1cccc2c1[N]C(=O)O2. The summed E-state index contributed by atoms with van der Waals surface area (Å²) in [5.41, 5.74) is 6.42. The van der Waals surface area contributed by atoms with Crippen molar-refractivity contribution in [3.63, 3.8) is 0 Å². The van der Waals surface area contributed by atoms with Crippen molar-refractivity contribution >= 4 is 17.5 Å². The molecule has 4 nitrogen and oxygen atoms in total. The third-order valence-electron chi connectivity index (χ3n) is 1.43. The number of carbonyl (C=O) groups is 1. The number of nitrogens with two attached hydrogens (primary N) is 1. The largest absolute Gasteiger partial charge is 0.439 e. The van der Waals surface area contributed by atoms with Gasteiger partial charge in [-0.3, -0.25) is 0 Å². The predicted molar refractivity (Wildman–Crippen MR) is 38.7 cm³/mol. The molecule has 0 aromatic heterocycles. The summed E-state index contributed by atoms with van der Waals surface area (Å²) in [7, 11) is 0. The fourth-order valence-corrected chi connectivity index (χ4v) is 0.949. The topological polar surface area (TPSA) is 66.4 Å². The Balaban J connectivity index is 2.57. The summed E-state index contributed by atoms with van der Waals surface area (Å²) < 4.78 is 4.70. The highest BCUT2D eigenvalue weighted by Gasteiger charge is 2.23. The first-order valence-corrected chi connectivity index (χ1v) is 3.09. The molecule has 1 aliphatic heterocycles. The Morgan fingerprint density at radius 2 is 2.27 bits per heavy atom. The maximum absolute atomic E-state index is 10.6. The molecule has 1 aliphatic rings. The molecular weight excluding hydrogens is 144 g/mol. The van der Waals surface area contributed by atoms with Crippen molar-refractivity contribution in [2.24, 2.45) is 0 Å². The second-order valence-corrected chi connectivity index (χ2v) is 2.17. The fourth-order valence-electron chi connectivity index (χ4n) is 0.949. The molecule has 1 heterocycles. The number of fused-ring (bicyclic) bond motifs is 1. The van der Waals surface area contributed by atoms with Crippen LogP contribution in [0, 0.1) is 0 Å². The van der Waals surface area contributed by atoms with E-state index in [9.17, 15) is 4.79 Å². The van der Waals surface area contributed by atoms with Crippen LogP contribution in [-0.2, 0) is 0 Å². The normalized spacial score (nSPS) is 13.6. The minimum Gasteiger partial charge on any atom is -0.406 e. The van der Waals surface area contributed by atoms with Gasteiger partial charge >= 0.3 is 6.09 Å². The number of benzene rings is 1. The molecule has 0 spiro atoms. The minimum absolute atomic E-state index is 0.440. The Bertz CT molecular complexity index is 322. The summed E-state index contributed by atoms with van der Waals surface area (Å²) in [5.74, 6) is 0.440. The highest BCUT2D eigenvalue weighted by molar-refractivity contribution is 5.89. The van der Waals surface area contributed by atoms with Crippen LogP contribution < -0.4 is 15.8 Å². The molecule has 1 amide bonds. The molecule has 55 valence electrons. The second kappa shape index (κ2) is 1.88. The highest BCUT2D eigenvalue weighted by Crippen LogP contribution is 2.34. The van der Waals surface area contributed by atoms with Crippen LogP contribution >= 0.6 is 0 Å². The van der Waals surface area contributed by atoms with Gasteiger partial charge in [0.05, 0.1) is 5.69 Å². The molecule has 0 fully saturated rings. The molecule has 0 saturated heterocycles. The molecule has 1 aromatic carbocycles. The first-order valence-electron chi connectivity index (χ1n) is 3.09. The van der Waals surface area contributed by atoms with Crippen LogP contribution in [0.1, 0.15) is 0 Å². The summed E-state index contributed by atoms with van der Waals surface area (Å²) in [4.78, 5) is 10.6. The number of nitrogen functional groups attached to an aromatic ring is 1. The van der Waals surface area contributed by atoms with Crippen LogP contribution in [0.5, 0.6) is 5.75 Å². The van der Waals surface area contributed by atoms with E-state index in [1.165, 1.54) is 0 Å². The van der Waals surface area contributed by atoms with Gasteiger partial charge in [-0.15, -0.1) is 0 Å². The molecule has 0 atom stereocenters. The van der Waals surface area contributed by atoms with Crippen LogP contribution in [0.2, 0.25) is 0 Å². The summed E-state index contributed by atoms with van der Waals surface area (Å²) in [6.07, 6.45) is -0.599. The fraction of sp³-hybridized carbons (Fsp3) is 0. The number of ether oxygens (including phenoxy) is 1. The van der Waals surface area contributed by atoms with Gasteiger partial charge < -0.3 is 10.5 Å². The zero-order chi connectivity index (χ0) is 7.84. The van der Waals surface area contributed by atoms with Gasteiger partial charge in [-0.2, -0.15) is 5.32 Å². The van der Waals surface area contributed by atoms with E-state index >= 15 is 0 Å². The van der Waals surface area contributed by atoms with Gasteiger partial charge in [-0.1, -0.05) is 6.07 Å². The Morgan fingerprint density at radius 1 is 1.45 bits per heavy atom. The van der Waals surface area contributed by atoms with Crippen LogP contribution in [0.25, 0.3) is 0 Å². The van der Waals surface area contributed by atoms with Gasteiger partial charge in [-0.25, -0.2) is 4.79 Å². The lowest BCUT2D eigenvalue weighted by molar-refractivity contribution is 0.211. The molecule has 4 heteroatoms. The van der Waals surface area contributed by atoms with Crippen LogP contribution in [0.3, 0.4) is 0 Å². The van der Waals surface area contributed by atoms with E-state index in [0.717, 1.165) is 0 Å². The molecule has 2 rings (SSSR count). The average molecular weight is 149 g/mol. The number of para-hydroxylation sites is 1. The van der Waals surface area contributed by atoms with E-state index in [2.05, 4.69) is 5.32 Å². The van der Waals surface area contributed by atoms with Crippen molar-refractivity contribution in [1.82, 2.24) is 5.32 Å². The quantitative estimate of drug-likeness (QED) is 0.560. The third-order valence-corrected chi connectivity index (χ3v) is 1.43. The number of hydrogen-bond acceptors (Lipinski definition) is 3. The number of anilines is 1. The van der Waals surface area contributed by atoms with Gasteiger partial charge in [0.25, 0.3) is 0 Å². The van der Waals surface area contributed by atoms with E-state index in [4.69, 9.17) is 10.5 Å². The zero-order valence-electron chi connectivity index (χ0n) is 5.57. The standard InChI is InChI=1S/C7H5N2O2/c8-4-2-1-3-5-6(4)9-7(10)11-5/h1-3H,8H2. The third kappa shape index (κ3) is 0.797. The zero-order valence-corrected chi connectivity index (χ0v) is 5.57. The van der Waals surface area contributed by atoms with Gasteiger partial charge in [0, 0.05) is 0 Å². The average Bonchev–Trinajstić information content (AvgIpc) is 2.31. The Hall–Kier alpha value is -1.71. The smallest absolute Gasteiger partial charge is 0.406 e.